The van der Waals surface area contributed by atoms with E-state index in [-0.39, 0.29) is 27.4 Å². The summed E-state index contributed by atoms with van der Waals surface area (Å²) < 4.78 is 14.6. The molecule has 3 N–H and O–H groups in total. The van der Waals surface area contributed by atoms with Crippen LogP contribution in [0.5, 0.6) is 0 Å². The molecular formula is C34H31ClFN3O3S. The van der Waals surface area contributed by atoms with Gasteiger partial charge in [-0.15, -0.1) is 11.8 Å². The van der Waals surface area contributed by atoms with Crippen LogP contribution in [0, 0.1) is 19.7 Å². The average molecular weight is 616 g/mol. The Balaban J connectivity index is 1.54. The van der Waals surface area contributed by atoms with Crippen molar-refractivity contribution < 1.29 is 18.8 Å². The molecule has 0 aromatic heterocycles. The van der Waals surface area contributed by atoms with Crippen LogP contribution in [0.3, 0.4) is 0 Å². The van der Waals surface area contributed by atoms with E-state index in [1.54, 1.807) is 48.5 Å². The maximum Gasteiger partial charge on any atom is 0.272 e. The molecule has 0 radical (unpaired) electrons. The van der Waals surface area contributed by atoms with Gasteiger partial charge in [0, 0.05) is 27.4 Å². The van der Waals surface area contributed by atoms with E-state index in [4.69, 9.17) is 11.6 Å². The molecule has 4 rings (SSSR count). The highest BCUT2D eigenvalue weighted by atomic mass is 35.5. The fourth-order valence-corrected chi connectivity index (χ4v) is 5.40. The second-order valence-corrected chi connectivity index (χ2v) is 11.4. The van der Waals surface area contributed by atoms with Crippen molar-refractivity contribution in [3.05, 3.63) is 130 Å². The Labute approximate surface area is 259 Å². The number of hydrogen-bond donors (Lipinski definition) is 3. The van der Waals surface area contributed by atoms with Gasteiger partial charge >= 0.3 is 0 Å². The molecule has 1 unspecified atom stereocenters. The lowest BCUT2D eigenvalue weighted by atomic mass is 10.1. The Morgan fingerprint density at radius 2 is 1.63 bits per heavy atom. The van der Waals surface area contributed by atoms with Crippen molar-refractivity contribution in [2.75, 3.05) is 10.6 Å². The molecule has 0 bridgehead atoms. The van der Waals surface area contributed by atoms with E-state index in [9.17, 15) is 18.8 Å². The lowest BCUT2D eigenvalue weighted by molar-refractivity contribution is -0.116. The summed E-state index contributed by atoms with van der Waals surface area (Å²) in [5, 5.41) is 8.09. The number of rotatable bonds is 10. The number of aryl methyl sites for hydroxylation is 1. The summed E-state index contributed by atoms with van der Waals surface area (Å²) in [5.74, 6) is -1.98. The molecule has 220 valence electrons. The van der Waals surface area contributed by atoms with Crippen molar-refractivity contribution in [1.29, 1.82) is 0 Å². The molecule has 9 heteroatoms. The van der Waals surface area contributed by atoms with Gasteiger partial charge in [-0.1, -0.05) is 61.0 Å². The Kier molecular flexibility index (Phi) is 10.8. The Morgan fingerprint density at radius 3 is 2.35 bits per heavy atom. The fourth-order valence-electron chi connectivity index (χ4n) is 4.17. The molecule has 0 saturated carbocycles. The molecule has 43 heavy (non-hydrogen) atoms. The predicted molar refractivity (Wildman–Crippen MR) is 173 cm³/mol. The van der Waals surface area contributed by atoms with Gasteiger partial charge in [-0.2, -0.15) is 0 Å². The van der Waals surface area contributed by atoms with E-state index in [1.165, 1.54) is 36.0 Å². The van der Waals surface area contributed by atoms with Crippen molar-refractivity contribution in [3.63, 3.8) is 0 Å². The van der Waals surface area contributed by atoms with Crippen molar-refractivity contribution in [2.24, 2.45) is 0 Å². The highest BCUT2D eigenvalue weighted by Crippen LogP contribution is 2.30. The Bertz CT molecular complexity index is 1660. The van der Waals surface area contributed by atoms with Gasteiger partial charge in [-0.25, -0.2) is 4.39 Å². The zero-order valence-electron chi connectivity index (χ0n) is 23.9. The van der Waals surface area contributed by atoms with Gasteiger partial charge in [-0.05, 0) is 86.0 Å². The van der Waals surface area contributed by atoms with Crippen LogP contribution in [-0.4, -0.2) is 23.0 Å². The molecule has 0 fully saturated rings. The second-order valence-electron chi connectivity index (χ2n) is 9.75. The molecule has 0 aliphatic rings. The number of thioether (sulfide) groups is 1. The van der Waals surface area contributed by atoms with Crippen LogP contribution in [0.15, 0.2) is 102 Å². The van der Waals surface area contributed by atoms with Crippen LogP contribution in [-0.2, 0) is 9.59 Å². The summed E-state index contributed by atoms with van der Waals surface area (Å²) in [6.45, 7) is 5.90. The van der Waals surface area contributed by atoms with Gasteiger partial charge in [0.05, 0.1) is 10.3 Å². The van der Waals surface area contributed by atoms with Gasteiger partial charge in [0.25, 0.3) is 11.8 Å². The van der Waals surface area contributed by atoms with Crippen LogP contribution >= 0.6 is 23.4 Å². The first-order valence-electron chi connectivity index (χ1n) is 13.6. The molecule has 0 saturated heterocycles. The highest BCUT2D eigenvalue weighted by Gasteiger charge is 2.20. The molecule has 4 aromatic rings. The van der Waals surface area contributed by atoms with E-state index in [0.717, 1.165) is 21.7 Å². The summed E-state index contributed by atoms with van der Waals surface area (Å²) >= 11 is 7.58. The third-order valence-electron chi connectivity index (χ3n) is 6.71. The highest BCUT2D eigenvalue weighted by molar-refractivity contribution is 8.00. The van der Waals surface area contributed by atoms with Crippen molar-refractivity contribution in [3.8, 4) is 0 Å². The first kappa shape index (κ1) is 31.5. The molecule has 3 amide bonds. The minimum absolute atomic E-state index is 0.0346. The quantitative estimate of drug-likeness (QED) is 0.125. The number of carbonyl (C=O) groups excluding carboxylic acids is 3. The van der Waals surface area contributed by atoms with Crippen LogP contribution in [0.25, 0.3) is 6.08 Å². The Hall–Kier alpha value is -4.40. The summed E-state index contributed by atoms with van der Waals surface area (Å²) in [7, 11) is 0. The standard InChI is InChI=1S/C34H31ClFN3O3S/c1-4-31(34(42)38-29-18-8-11-21(2)22(29)3)43-25-15-9-14-24(19-25)37-33(41)30(20-26-27(35)16-10-17-28(26)36)39-32(40)23-12-6-5-7-13-23/h5-20,31H,4H2,1-3H3,(H,37,41)(H,38,42)(H,39,40)/b30-20+. The lowest BCUT2D eigenvalue weighted by Gasteiger charge is -2.17. The fraction of sp³-hybridized carbons (Fsp3) is 0.147. The summed E-state index contributed by atoms with van der Waals surface area (Å²) in [5.41, 5.74) is 3.40. The van der Waals surface area contributed by atoms with Crippen molar-refractivity contribution in [1.82, 2.24) is 5.32 Å². The van der Waals surface area contributed by atoms with Gasteiger partial charge < -0.3 is 16.0 Å². The van der Waals surface area contributed by atoms with Crippen molar-refractivity contribution in [2.45, 2.75) is 37.3 Å². The number of anilines is 2. The van der Waals surface area contributed by atoms with Gasteiger partial charge in [-0.3, -0.25) is 14.4 Å². The maximum absolute atomic E-state index is 14.6. The number of carbonyl (C=O) groups is 3. The third-order valence-corrected chi connectivity index (χ3v) is 8.40. The number of amides is 3. The normalized spacial score (nSPS) is 11.9. The van der Waals surface area contributed by atoms with E-state index in [0.29, 0.717) is 17.7 Å². The topological polar surface area (TPSA) is 87.3 Å². The van der Waals surface area contributed by atoms with Gasteiger partial charge in [0.2, 0.25) is 5.91 Å². The molecular weight excluding hydrogens is 585 g/mol. The zero-order chi connectivity index (χ0) is 30.9. The van der Waals surface area contributed by atoms with E-state index in [2.05, 4.69) is 16.0 Å². The molecule has 0 heterocycles. The van der Waals surface area contributed by atoms with Crippen LogP contribution in [0.2, 0.25) is 5.02 Å². The van der Waals surface area contributed by atoms with Crippen molar-refractivity contribution >= 4 is 58.5 Å². The predicted octanol–water partition coefficient (Wildman–Crippen LogP) is 8.01. The first-order chi connectivity index (χ1) is 20.7. The minimum atomic E-state index is -0.676. The largest absolute Gasteiger partial charge is 0.325 e. The number of hydrogen-bond acceptors (Lipinski definition) is 4. The summed E-state index contributed by atoms with van der Waals surface area (Å²) in [6.07, 6.45) is 1.79. The van der Waals surface area contributed by atoms with Crippen LogP contribution in [0.4, 0.5) is 15.8 Å². The molecule has 0 spiro atoms. The van der Waals surface area contributed by atoms with Crippen LogP contribution in [0.1, 0.15) is 40.4 Å². The van der Waals surface area contributed by atoms with E-state index >= 15 is 0 Å². The first-order valence-corrected chi connectivity index (χ1v) is 14.9. The molecule has 0 aliphatic carbocycles. The summed E-state index contributed by atoms with van der Waals surface area (Å²) in [4.78, 5) is 40.2. The molecule has 4 aromatic carbocycles. The number of benzene rings is 4. The minimum Gasteiger partial charge on any atom is -0.325 e. The van der Waals surface area contributed by atoms with Crippen LogP contribution < -0.4 is 16.0 Å². The SMILES string of the molecule is CCC(Sc1cccc(NC(=O)/C(=C\c2c(F)cccc2Cl)NC(=O)c2ccccc2)c1)C(=O)Nc1cccc(C)c1C. The lowest BCUT2D eigenvalue weighted by Crippen LogP contribution is -2.30. The Morgan fingerprint density at radius 1 is 0.907 bits per heavy atom. The van der Waals surface area contributed by atoms with E-state index in [1.807, 2.05) is 45.0 Å². The number of halogens is 2. The maximum atomic E-state index is 14.6. The monoisotopic (exact) mass is 615 g/mol. The smallest absolute Gasteiger partial charge is 0.272 e. The number of nitrogens with one attached hydrogen (secondary N) is 3. The third kappa shape index (κ3) is 8.34. The van der Waals surface area contributed by atoms with Gasteiger partial charge in [0.1, 0.15) is 11.5 Å². The second kappa shape index (κ2) is 14.7. The zero-order valence-corrected chi connectivity index (χ0v) is 25.5. The van der Waals surface area contributed by atoms with E-state index < -0.39 is 17.6 Å². The summed E-state index contributed by atoms with van der Waals surface area (Å²) in [6, 6.07) is 25.3. The molecule has 1 atom stereocenters. The average Bonchev–Trinajstić information content (AvgIpc) is 3.00. The molecule has 0 aliphatic heterocycles. The van der Waals surface area contributed by atoms with Gasteiger partial charge in [0.15, 0.2) is 0 Å². The molecule has 6 nitrogen and oxygen atoms in total.